The van der Waals surface area contributed by atoms with Crippen LogP contribution >= 0.6 is 22.6 Å². The first-order valence-corrected chi connectivity index (χ1v) is 11.8. The number of fused-ring (bicyclic) bond motifs is 1. The van der Waals surface area contributed by atoms with Gasteiger partial charge in [-0.2, -0.15) is 0 Å². The Hall–Kier alpha value is -2.40. The van der Waals surface area contributed by atoms with E-state index in [9.17, 15) is 4.79 Å². The summed E-state index contributed by atoms with van der Waals surface area (Å²) in [6.07, 6.45) is 1.80. The number of rotatable bonds is 6. The summed E-state index contributed by atoms with van der Waals surface area (Å²) in [6.45, 7) is 9.18. The van der Waals surface area contributed by atoms with E-state index in [1.807, 2.05) is 54.5 Å². The minimum absolute atomic E-state index is 0.109. The molecule has 0 spiro atoms. The van der Waals surface area contributed by atoms with E-state index >= 15 is 0 Å². The molecule has 0 radical (unpaired) electrons. The van der Waals surface area contributed by atoms with Crippen molar-refractivity contribution in [1.82, 2.24) is 14.6 Å². The summed E-state index contributed by atoms with van der Waals surface area (Å²) in [5, 5.41) is 4.82. The van der Waals surface area contributed by atoms with Gasteiger partial charge in [-0.1, -0.05) is 30.3 Å². The van der Waals surface area contributed by atoms with E-state index in [1.54, 1.807) is 6.20 Å². The second-order valence-corrected chi connectivity index (χ2v) is 9.84. The summed E-state index contributed by atoms with van der Waals surface area (Å²) in [5.74, 6) is 0.562. The monoisotopic (exact) mass is 549 g/mol. The zero-order chi connectivity index (χ0) is 22.7. The molecule has 0 atom stereocenters. The van der Waals surface area contributed by atoms with Gasteiger partial charge in [0.25, 0.3) is 0 Å². The fourth-order valence-corrected chi connectivity index (χ4v) is 4.13. The summed E-state index contributed by atoms with van der Waals surface area (Å²) in [7, 11) is 0. The van der Waals surface area contributed by atoms with Crippen LogP contribution < -0.4 is 9.80 Å². The number of morpholine rings is 1. The zero-order valence-corrected chi connectivity index (χ0v) is 20.8. The fraction of sp³-hybridized carbons (Fsp3) is 0.435. The molecular formula is C23H28IN5O3. The van der Waals surface area contributed by atoms with Crippen LogP contribution in [0.3, 0.4) is 0 Å². The second kappa shape index (κ2) is 9.62. The number of benzene rings is 1. The van der Waals surface area contributed by atoms with Crippen LogP contribution in [0.4, 0.5) is 11.5 Å². The number of hydrogen-bond acceptors (Lipinski definition) is 7. The quantitative estimate of drug-likeness (QED) is 0.344. The van der Waals surface area contributed by atoms with Crippen LogP contribution in [0.5, 0.6) is 0 Å². The molecule has 0 N–H and O–H groups in total. The summed E-state index contributed by atoms with van der Waals surface area (Å²) in [6, 6.07) is 12.1. The van der Waals surface area contributed by atoms with Crippen molar-refractivity contribution in [3.8, 4) is 0 Å². The molecule has 3 heterocycles. The van der Waals surface area contributed by atoms with Gasteiger partial charge in [-0.25, -0.2) is 9.50 Å². The van der Waals surface area contributed by atoms with Gasteiger partial charge in [-0.05, 0) is 48.9 Å². The Balaban J connectivity index is 1.75. The minimum atomic E-state index is -0.551. The van der Waals surface area contributed by atoms with Crippen molar-refractivity contribution < 1.29 is 14.3 Å². The number of esters is 1. The standard InChI is InChI=1S/C23H28IN5O3/c1-23(2,3)32-21(30)16-28(15-17-7-5-4-6-8-17)18-13-20(27-9-11-31-12-10-27)26-29-19(24)14-25-22(18)29/h4-8,13-14H,9-12,15-16H2,1-3H3. The summed E-state index contributed by atoms with van der Waals surface area (Å²) >= 11 is 2.23. The van der Waals surface area contributed by atoms with E-state index in [2.05, 4.69) is 44.6 Å². The van der Waals surface area contributed by atoms with Gasteiger partial charge < -0.3 is 19.3 Å². The van der Waals surface area contributed by atoms with E-state index < -0.39 is 5.60 Å². The number of carbonyl (C=O) groups is 1. The normalized spacial score (nSPS) is 14.6. The lowest BCUT2D eigenvalue weighted by molar-refractivity contribution is -0.153. The highest BCUT2D eigenvalue weighted by atomic mass is 127. The molecule has 0 bridgehead atoms. The lowest BCUT2D eigenvalue weighted by atomic mass is 10.2. The topological polar surface area (TPSA) is 72.2 Å². The number of aromatic nitrogens is 3. The fourth-order valence-electron chi connectivity index (χ4n) is 3.65. The van der Waals surface area contributed by atoms with Crippen LogP contribution in [-0.2, 0) is 20.8 Å². The van der Waals surface area contributed by atoms with Gasteiger partial charge in [0.15, 0.2) is 11.5 Å². The van der Waals surface area contributed by atoms with Crippen LogP contribution in [0.1, 0.15) is 26.3 Å². The Morgan fingerprint density at radius 2 is 1.94 bits per heavy atom. The molecule has 4 rings (SSSR count). The average molecular weight is 549 g/mol. The Labute approximate surface area is 201 Å². The highest BCUT2D eigenvalue weighted by molar-refractivity contribution is 14.1. The predicted octanol–water partition coefficient (Wildman–Crippen LogP) is 3.52. The largest absolute Gasteiger partial charge is 0.459 e. The minimum Gasteiger partial charge on any atom is -0.459 e. The van der Waals surface area contributed by atoms with Gasteiger partial charge in [0, 0.05) is 25.7 Å². The molecule has 0 amide bonds. The molecule has 1 aliphatic rings. The molecule has 0 aliphatic carbocycles. The van der Waals surface area contributed by atoms with E-state index in [1.165, 1.54) is 0 Å². The third kappa shape index (κ3) is 5.50. The predicted molar refractivity (Wildman–Crippen MR) is 132 cm³/mol. The smallest absolute Gasteiger partial charge is 0.326 e. The first-order chi connectivity index (χ1) is 15.3. The molecular weight excluding hydrogens is 521 g/mol. The molecule has 3 aromatic rings. The highest BCUT2D eigenvalue weighted by Crippen LogP contribution is 2.28. The number of hydrogen-bond donors (Lipinski definition) is 0. The number of carbonyl (C=O) groups excluding carboxylic acids is 1. The van der Waals surface area contributed by atoms with Crippen LogP contribution in [-0.4, -0.2) is 59.0 Å². The van der Waals surface area contributed by atoms with E-state index in [-0.39, 0.29) is 12.5 Å². The molecule has 1 fully saturated rings. The maximum Gasteiger partial charge on any atom is 0.326 e. The second-order valence-electron chi connectivity index (χ2n) is 8.73. The maximum atomic E-state index is 12.8. The number of halogens is 1. The molecule has 1 aromatic carbocycles. The third-order valence-electron chi connectivity index (χ3n) is 5.03. The van der Waals surface area contributed by atoms with Crippen LogP contribution in [0.15, 0.2) is 42.6 Å². The first-order valence-electron chi connectivity index (χ1n) is 10.7. The van der Waals surface area contributed by atoms with Gasteiger partial charge in [0.05, 0.1) is 25.1 Å². The average Bonchev–Trinajstić information content (AvgIpc) is 3.13. The van der Waals surface area contributed by atoms with Gasteiger partial charge in [-0.15, -0.1) is 5.10 Å². The van der Waals surface area contributed by atoms with E-state index in [0.29, 0.717) is 25.4 Å². The molecule has 0 saturated carbocycles. The Morgan fingerprint density at radius 1 is 1.22 bits per heavy atom. The van der Waals surface area contributed by atoms with Crippen molar-refractivity contribution in [3.05, 3.63) is 51.9 Å². The summed E-state index contributed by atoms with van der Waals surface area (Å²) < 4.78 is 13.9. The highest BCUT2D eigenvalue weighted by Gasteiger charge is 2.24. The number of nitrogens with zero attached hydrogens (tertiary/aromatic N) is 5. The van der Waals surface area contributed by atoms with E-state index in [4.69, 9.17) is 14.6 Å². The summed E-state index contributed by atoms with van der Waals surface area (Å²) in [5.41, 5.74) is 2.11. The molecule has 1 aliphatic heterocycles. The van der Waals surface area contributed by atoms with E-state index in [0.717, 1.165) is 33.9 Å². The SMILES string of the molecule is CC(C)(C)OC(=O)CN(Cc1ccccc1)c1cc(N2CCOCC2)nn2c(I)cnc12. The van der Waals surface area contributed by atoms with Gasteiger partial charge >= 0.3 is 5.97 Å². The zero-order valence-electron chi connectivity index (χ0n) is 18.6. The Bertz CT molecular complexity index is 1070. The van der Waals surface area contributed by atoms with Crippen molar-refractivity contribution in [1.29, 1.82) is 0 Å². The Kier molecular flexibility index (Phi) is 6.85. The number of anilines is 2. The van der Waals surface area contributed by atoms with Gasteiger partial charge in [0.1, 0.15) is 15.8 Å². The molecule has 2 aromatic heterocycles. The van der Waals surface area contributed by atoms with Crippen molar-refractivity contribution in [2.45, 2.75) is 32.9 Å². The lowest BCUT2D eigenvalue weighted by Crippen LogP contribution is -2.38. The Morgan fingerprint density at radius 3 is 2.62 bits per heavy atom. The molecule has 9 heteroatoms. The number of imidazole rings is 1. The van der Waals surface area contributed by atoms with Crippen LogP contribution in [0, 0.1) is 3.70 Å². The van der Waals surface area contributed by atoms with Crippen molar-refractivity contribution in [2.24, 2.45) is 0 Å². The van der Waals surface area contributed by atoms with Crippen molar-refractivity contribution >= 4 is 45.7 Å². The van der Waals surface area contributed by atoms with Crippen LogP contribution in [0.2, 0.25) is 0 Å². The maximum absolute atomic E-state index is 12.8. The number of ether oxygens (including phenoxy) is 2. The summed E-state index contributed by atoms with van der Waals surface area (Å²) in [4.78, 5) is 21.7. The van der Waals surface area contributed by atoms with Gasteiger partial charge in [-0.3, -0.25) is 4.79 Å². The molecule has 32 heavy (non-hydrogen) atoms. The molecule has 0 unspecified atom stereocenters. The van der Waals surface area contributed by atoms with Crippen molar-refractivity contribution in [2.75, 3.05) is 42.6 Å². The molecule has 1 saturated heterocycles. The third-order valence-corrected chi connectivity index (χ3v) is 5.76. The molecule has 8 nitrogen and oxygen atoms in total. The lowest BCUT2D eigenvalue weighted by Gasteiger charge is -2.30. The molecule has 170 valence electrons. The first kappa shape index (κ1) is 22.8. The van der Waals surface area contributed by atoms with Gasteiger partial charge in [0.2, 0.25) is 0 Å². The van der Waals surface area contributed by atoms with Crippen LogP contribution in [0.25, 0.3) is 5.65 Å². The van der Waals surface area contributed by atoms with Crippen molar-refractivity contribution in [3.63, 3.8) is 0 Å².